The minimum absolute atomic E-state index is 0.00674. The van der Waals surface area contributed by atoms with Crippen molar-refractivity contribution in [3.05, 3.63) is 47.3 Å². The number of halogens is 3. The zero-order valence-corrected chi connectivity index (χ0v) is 23.7. The van der Waals surface area contributed by atoms with Gasteiger partial charge in [-0.3, -0.25) is 9.36 Å². The van der Waals surface area contributed by atoms with Gasteiger partial charge in [0.05, 0.1) is 41.4 Å². The van der Waals surface area contributed by atoms with Crippen LogP contribution in [0.15, 0.2) is 24.8 Å². The second kappa shape index (κ2) is 13.0. The summed E-state index contributed by atoms with van der Waals surface area (Å²) in [6.07, 6.45) is 4.17. The van der Waals surface area contributed by atoms with Crippen LogP contribution < -0.4 is 20.7 Å². The van der Waals surface area contributed by atoms with Gasteiger partial charge in [-0.05, 0) is 32.6 Å². The van der Waals surface area contributed by atoms with Crippen molar-refractivity contribution < 1.29 is 17.9 Å². The second-order valence-electron chi connectivity index (χ2n) is 9.56. The number of nitriles is 2. The van der Waals surface area contributed by atoms with Crippen LogP contribution in [0.25, 0.3) is 0 Å². The van der Waals surface area contributed by atoms with Crippen molar-refractivity contribution in [1.82, 2.24) is 39.5 Å². The summed E-state index contributed by atoms with van der Waals surface area (Å²) in [6.45, 7) is 3.18. The average molecular weight is 596 g/mol. The fraction of sp³-hybridized carbons (Fsp3) is 0.385. The van der Waals surface area contributed by atoms with E-state index in [1.165, 1.54) is 25.2 Å². The van der Waals surface area contributed by atoms with Crippen LogP contribution in [0, 0.1) is 42.4 Å². The Bertz CT molecular complexity index is 1660. The number of aryl methyl sites for hydroxylation is 2. The molecular formula is C26H28F3N13O. The molecule has 4 heterocycles. The minimum atomic E-state index is -4.52. The Balaban J connectivity index is 0.000000197. The van der Waals surface area contributed by atoms with Crippen LogP contribution in [0.2, 0.25) is 0 Å². The molecule has 0 unspecified atom stereocenters. The first-order chi connectivity index (χ1) is 20.5. The lowest BCUT2D eigenvalue weighted by atomic mass is 10.3. The van der Waals surface area contributed by atoms with Gasteiger partial charge in [0.2, 0.25) is 17.8 Å². The fourth-order valence-corrected chi connectivity index (χ4v) is 3.64. The number of rotatable bonds is 9. The summed E-state index contributed by atoms with van der Waals surface area (Å²) in [4.78, 5) is 16.1. The molecule has 0 aliphatic heterocycles. The number of nitrogens with one attached hydrogen (secondary N) is 3. The van der Waals surface area contributed by atoms with E-state index >= 15 is 0 Å². The summed E-state index contributed by atoms with van der Waals surface area (Å²) in [6, 6.07) is 3.73. The van der Waals surface area contributed by atoms with Crippen LogP contribution in [0.1, 0.15) is 35.4 Å². The Morgan fingerprint density at radius 3 is 2.23 bits per heavy atom. The quantitative estimate of drug-likeness (QED) is 0.252. The standard InChI is InChI=1S/C14H17N7.C12H11F3N6O/c1-9-12(8-21(20-9)7-10-3-4-10)18-14-17-6-11(5-15)13(16-2)19-14;1-7-9(5-18-21(7)2)19-11-17-4-8(3-16)10(20-11)22-6-12(13,14)15/h6,8,10H,3-4,7H2,1-2H3,(H2,16,17,18,19);4-5H,6H2,1-2H3,(H,17,19,20). The fourth-order valence-electron chi connectivity index (χ4n) is 3.64. The van der Waals surface area contributed by atoms with Crippen LogP contribution in [0.3, 0.4) is 0 Å². The van der Waals surface area contributed by atoms with Gasteiger partial charge >= 0.3 is 6.18 Å². The van der Waals surface area contributed by atoms with E-state index in [9.17, 15) is 13.2 Å². The first kappa shape index (κ1) is 30.5. The zero-order valence-electron chi connectivity index (χ0n) is 23.7. The van der Waals surface area contributed by atoms with Crippen molar-refractivity contribution in [3.63, 3.8) is 0 Å². The van der Waals surface area contributed by atoms with Crippen LogP contribution in [-0.4, -0.2) is 59.3 Å². The SMILES string of the molecule is CNc1nc(Nc2cn(CC3CC3)nc2C)ncc1C#N.Cc1c(Nc2ncc(C#N)c(OCC(F)(F)F)n2)cnn1C. The number of hydrogen-bond acceptors (Lipinski definition) is 12. The molecule has 1 aliphatic carbocycles. The number of alkyl halides is 3. The van der Waals surface area contributed by atoms with Crippen molar-refractivity contribution in [2.24, 2.45) is 13.0 Å². The Labute approximate surface area is 244 Å². The Morgan fingerprint density at radius 1 is 1.00 bits per heavy atom. The van der Waals surface area contributed by atoms with Gasteiger partial charge in [0.1, 0.15) is 29.1 Å². The third-order valence-corrected chi connectivity index (χ3v) is 6.21. The molecule has 4 aromatic rings. The van der Waals surface area contributed by atoms with Crippen molar-refractivity contribution in [2.45, 2.75) is 39.4 Å². The molecule has 43 heavy (non-hydrogen) atoms. The second-order valence-corrected chi connectivity index (χ2v) is 9.56. The monoisotopic (exact) mass is 595 g/mol. The Kier molecular flexibility index (Phi) is 9.24. The molecule has 14 nitrogen and oxygen atoms in total. The third-order valence-electron chi connectivity index (χ3n) is 6.21. The number of ether oxygens (including phenoxy) is 1. The summed E-state index contributed by atoms with van der Waals surface area (Å²) in [5.41, 5.74) is 3.42. The normalized spacial score (nSPS) is 12.4. The van der Waals surface area contributed by atoms with E-state index in [1.54, 1.807) is 31.8 Å². The number of aromatic nitrogens is 8. The molecule has 0 atom stereocenters. The smallest absolute Gasteiger partial charge is 0.422 e. The van der Waals surface area contributed by atoms with Crippen molar-refractivity contribution in [1.29, 1.82) is 10.5 Å². The number of anilines is 5. The third kappa shape index (κ3) is 8.29. The summed E-state index contributed by atoms with van der Waals surface area (Å²) >= 11 is 0. The molecule has 17 heteroatoms. The molecule has 0 saturated heterocycles. The van der Waals surface area contributed by atoms with Crippen LogP contribution in [0.4, 0.5) is 42.3 Å². The van der Waals surface area contributed by atoms with E-state index in [-0.39, 0.29) is 11.5 Å². The van der Waals surface area contributed by atoms with Gasteiger partial charge < -0.3 is 20.7 Å². The zero-order chi connectivity index (χ0) is 31.1. The Morgan fingerprint density at radius 2 is 1.65 bits per heavy atom. The molecule has 0 bridgehead atoms. The average Bonchev–Trinajstić information content (AvgIpc) is 3.66. The molecule has 1 aliphatic rings. The van der Waals surface area contributed by atoms with Gasteiger partial charge in [-0.25, -0.2) is 9.97 Å². The minimum Gasteiger partial charge on any atom is -0.467 e. The lowest BCUT2D eigenvalue weighted by Gasteiger charge is -2.10. The van der Waals surface area contributed by atoms with E-state index in [4.69, 9.17) is 10.5 Å². The molecule has 0 radical (unpaired) electrons. The molecule has 224 valence electrons. The van der Waals surface area contributed by atoms with Crippen molar-refractivity contribution >= 4 is 29.1 Å². The van der Waals surface area contributed by atoms with Crippen molar-refractivity contribution in [3.8, 4) is 18.0 Å². The molecule has 1 saturated carbocycles. The van der Waals surface area contributed by atoms with Crippen LogP contribution >= 0.6 is 0 Å². The molecule has 4 aromatic heterocycles. The highest BCUT2D eigenvalue weighted by atomic mass is 19.4. The molecule has 3 N–H and O–H groups in total. The first-order valence-corrected chi connectivity index (χ1v) is 13.0. The highest BCUT2D eigenvalue weighted by Crippen LogP contribution is 2.31. The maximum absolute atomic E-state index is 12.2. The van der Waals surface area contributed by atoms with E-state index < -0.39 is 18.7 Å². The maximum Gasteiger partial charge on any atom is 0.422 e. The van der Waals surface area contributed by atoms with Crippen LogP contribution in [-0.2, 0) is 13.6 Å². The number of nitrogens with zero attached hydrogens (tertiary/aromatic N) is 10. The van der Waals surface area contributed by atoms with Gasteiger partial charge in [-0.2, -0.15) is 43.9 Å². The van der Waals surface area contributed by atoms with E-state index in [2.05, 4.69) is 50.8 Å². The topological polar surface area (TPSA) is 180 Å². The maximum atomic E-state index is 12.2. The molecular weight excluding hydrogens is 567 g/mol. The molecule has 5 rings (SSSR count). The molecule has 1 fully saturated rings. The van der Waals surface area contributed by atoms with E-state index in [0.717, 1.165) is 35.7 Å². The van der Waals surface area contributed by atoms with Crippen LogP contribution in [0.5, 0.6) is 5.88 Å². The number of hydrogen-bond donors (Lipinski definition) is 3. The largest absolute Gasteiger partial charge is 0.467 e. The van der Waals surface area contributed by atoms with Crippen molar-refractivity contribution in [2.75, 3.05) is 29.6 Å². The molecule has 0 aromatic carbocycles. The summed E-state index contributed by atoms with van der Waals surface area (Å²) in [5.74, 6) is 1.32. The summed E-state index contributed by atoms with van der Waals surface area (Å²) in [5, 5.41) is 35.2. The lowest BCUT2D eigenvalue weighted by Crippen LogP contribution is -2.20. The van der Waals surface area contributed by atoms with Gasteiger partial charge in [-0.15, -0.1) is 0 Å². The highest BCUT2D eigenvalue weighted by Gasteiger charge is 2.29. The lowest BCUT2D eigenvalue weighted by molar-refractivity contribution is -0.154. The summed E-state index contributed by atoms with van der Waals surface area (Å²) < 4.78 is 44.7. The van der Waals surface area contributed by atoms with Gasteiger partial charge in [0.15, 0.2) is 6.61 Å². The van der Waals surface area contributed by atoms with Gasteiger partial charge in [0.25, 0.3) is 0 Å². The van der Waals surface area contributed by atoms with Gasteiger partial charge in [-0.1, -0.05) is 0 Å². The van der Waals surface area contributed by atoms with Gasteiger partial charge in [0, 0.05) is 26.8 Å². The van der Waals surface area contributed by atoms with E-state index in [0.29, 0.717) is 23.0 Å². The molecule has 0 spiro atoms. The van der Waals surface area contributed by atoms with E-state index in [1.807, 2.05) is 23.9 Å². The molecule has 0 amide bonds. The predicted molar refractivity (Wildman–Crippen MR) is 149 cm³/mol. The highest BCUT2D eigenvalue weighted by molar-refractivity contribution is 5.59. The Hall–Kier alpha value is -5.45. The predicted octanol–water partition coefficient (Wildman–Crippen LogP) is 4.12. The summed E-state index contributed by atoms with van der Waals surface area (Å²) in [7, 11) is 3.46. The first-order valence-electron chi connectivity index (χ1n) is 13.0.